The lowest BCUT2D eigenvalue weighted by Crippen LogP contribution is -2.11. The maximum atomic E-state index is 6.11. The number of nitrogens with zero attached hydrogens (tertiary/aromatic N) is 4. The van der Waals surface area contributed by atoms with Gasteiger partial charge in [0, 0.05) is 22.6 Å². The third-order valence-corrected chi connectivity index (χ3v) is 5.28. The maximum Gasteiger partial charge on any atom is 0.210 e. The molecule has 5 nitrogen and oxygen atoms in total. The Morgan fingerprint density at radius 3 is 2.68 bits per heavy atom. The molecule has 0 saturated heterocycles. The fraction of sp³-hybridized carbons (Fsp3) is 0.267. The van der Waals surface area contributed by atoms with Crippen molar-refractivity contribution in [1.29, 1.82) is 0 Å². The first-order valence-corrected chi connectivity index (χ1v) is 8.84. The van der Waals surface area contributed by atoms with Crippen LogP contribution in [0.3, 0.4) is 0 Å². The number of thioether (sulfide) groups is 1. The molecule has 0 unspecified atom stereocenters. The molecule has 0 aliphatic heterocycles. The number of aromatic nitrogens is 4. The van der Waals surface area contributed by atoms with E-state index in [1.165, 1.54) is 4.68 Å². The predicted octanol–water partition coefficient (Wildman–Crippen LogP) is 3.53. The molecule has 0 amide bonds. The summed E-state index contributed by atoms with van der Waals surface area (Å²) in [7, 11) is 0. The Morgan fingerprint density at radius 1 is 1.23 bits per heavy atom. The van der Waals surface area contributed by atoms with Crippen LogP contribution in [-0.4, -0.2) is 19.9 Å². The second-order valence-electron chi connectivity index (χ2n) is 5.16. The molecule has 0 fully saturated rings. The Labute approximate surface area is 137 Å². The molecule has 0 radical (unpaired) electrons. The summed E-state index contributed by atoms with van der Waals surface area (Å²) in [5.41, 5.74) is 2.02. The van der Waals surface area contributed by atoms with Gasteiger partial charge in [-0.05, 0) is 0 Å². The van der Waals surface area contributed by atoms with E-state index in [4.69, 9.17) is 5.84 Å². The zero-order chi connectivity index (χ0) is 15.5. The third-order valence-electron chi connectivity index (χ3n) is 3.11. The van der Waals surface area contributed by atoms with E-state index in [2.05, 4.69) is 34.4 Å². The van der Waals surface area contributed by atoms with Crippen molar-refractivity contribution in [3.05, 3.63) is 46.4 Å². The summed E-state index contributed by atoms with van der Waals surface area (Å²) in [5, 5.41) is 12.3. The van der Waals surface area contributed by atoms with Crippen molar-refractivity contribution < 1.29 is 0 Å². The van der Waals surface area contributed by atoms with Gasteiger partial charge in [0.05, 0.1) is 10.7 Å². The molecule has 0 spiro atoms. The van der Waals surface area contributed by atoms with Gasteiger partial charge in [0.1, 0.15) is 0 Å². The standard InChI is InChI=1S/C15H17N5S2/c1-10(2)14-17-12(8-21-14)9-22-15-19-18-13(20(15)16)11-6-4-3-5-7-11/h3-8,10H,9,16H2,1-2H3. The fourth-order valence-corrected chi connectivity index (χ4v) is 3.64. The van der Waals surface area contributed by atoms with Gasteiger partial charge in [-0.15, -0.1) is 21.5 Å². The third kappa shape index (κ3) is 3.15. The molecule has 7 heteroatoms. The average Bonchev–Trinajstić information content (AvgIpc) is 3.13. The molecule has 0 saturated carbocycles. The molecule has 0 atom stereocenters. The predicted molar refractivity (Wildman–Crippen MR) is 91.4 cm³/mol. The molecule has 1 aromatic carbocycles. The SMILES string of the molecule is CC(C)c1nc(CSc2nnc(-c3ccccc3)n2N)cs1. The molecule has 0 aliphatic carbocycles. The van der Waals surface area contributed by atoms with Crippen LogP contribution in [0.25, 0.3) is 11.4 Å². The number of hydrogen-bond donors (Lipinski definition) is 1. The zero-order valence-corrected chi connectivity index (χ0v) is 14.1. The minimum atomic E-state index is 0.464. The first-order chi connectivity index (χ1) is 10.6. The van der Waals surface area contributed by atoms with Crippen LogP contribution in [0.15, 0.2) is 40.9 Å². The molecular weight excluding hydrogens is 314 g/mol. The molecule has 3 aromatic rings. The highest BCUT2D eigenvalue weighted by Gasteiger charge is 2.13. The molecule has 2 N–H and O–H groups in total. The van der Waals surface area contributed by atoms with E-state index in [-0.39, 0.29) is 0 Å². The lowest BCUT2D eigenvalue weighted by atomic mass is 10.2. The molecule has 3 rings (SSSR count). The Balaban J connectivity index is 1.72. The van der Waals surface area contributed by atoms with Crippen molar-refractivity contribution in [3.63, 3.8) is 0 Å². The van der Waals surface area contributed by atoms with Gasteiger partial charge >= 0.3 is 0 Å². The lowest BCUT2D eigenvalue weighted by molar-refractivity contribution is 0.841. The first-order valence-electron chi connectivity index (χ1n) is 6.98. The fourth-order valence-electron chi connectivity index (χ4n) is 1.95. The van der Waals surface area contributed by atoms with E-state index in [9.17, 15) is 0 Å². The summed E-state index contributed by atoms with van der Waals surface area (Å²) in [6, 6.07) is 9.82. The molecule has 22 heavy (non-hydrogen) atoms. The normalized spacial score (nSPS) is 11.2. The van der Waals surface area contributed by atoms with Crippen LogP contribution in [0.4, 0.5) is 0 Å². The van der Waals surface area contributed by atoms with Gasteiger partial charge in [-0.3, -0.25) is 0 Å². The van der Waals surface area contributed by atoms with Gasteiger partial charge in [-0.1, -0.05) is 55.9 Å². The number of benzene rings is 1. The van der Waals surface area contributed by atoms with Crippen molar-refractivity contribution in [2.45, 2.75) is 30.7 Å². The molecule has 114 valence electrons. The van der Waals surface area contributed by atoms with Crippen LogP contribution in [0.1, 0.15) is 30.5 Å². The molecule has 0 bridgehead atoms. The second kappa shape index (κ2) is 6.50. The largest absolute Gasteiger partial charge is 0.335 e. The van der Waals surface area contributed by atoms with Crippen molar-refractivity contribution in [2.24, 2.45) is 0 Å². The zero-order valence-electron chi connectivity index (χ0n) is 12.4. The summed E-state index contributed by atoms with van der Waals surface area (Å²) < 4.78 is 1.54. The highest BCUT2D eigenvalue weighted by atomic mass is 32.2. The minimum Gasteiger partial charge on any atom is -0.335 e. The Bertz CT molecular complexity index is 748. The number of hydrogen-bond acceptors (Lipinski definition) is 6. The van der Waals surface area contributed by atoms with E-state index in [0.717, 1.165) is 22.0 Å². The van der Waals surface area contributed by atoms with Crippen molar-refractivity contribution in [2.75, 3.05) is 5.84 Å². The van der Waals surface area contributed by atoms with E-state index in [0.29, 0.717) is 16.9 Å². The maximum absolute atomic E-state index is 6.11. The van der Waals surface area contributed by atoms with E-state index in [1.54, 1.807) is 23.1 Å². The summed E-state index contributed by atoms with van der Waals surface area (Å²) >= 11 is 3.25. The van der Waals surface area contributed by atoms with Gasteiger partial charge in [0.2, 0.25) is 5.16 Å². The van der Waals surface area contributed by atoms with Crippen LogP contribution in [0.5, 0.6) is 0 Å². The summed E-state index contributed by atoms with van der Waals surface area (Å²) in [6.45, 7) is 4.30. The van der Waals surface area contributed by atoms with Crippen molar-refractivity contribution in [1.82, 2.24) is 19.9 Å². The Kier molecular flexibility index (Phi) is 4.44. The lowest BCUT2D eigenvalue weighted by Gasteiger charge is -2.02. The molecule has 0 aliphatic rings. The van der Waals surface area contributed by atoms with Crippen LogP contribution in [0.2, 0.25) is 0 Å². The van der Waals surface area contributed by atoms with Gasteiger partial charge in [-0.2, -0.15) is 0 Å². The molecule has 2 aromatic heterocycles. The monoisotopic (exact) mass is 331 g/mol. The van der Waals surface area contributed by atoms with Gasteiger partial charge in [-0.25, -0.2) is 9.66 Å². The number of thiazole rings is 1. The highest BCUT2D eigenvalue weighted by molar-refractivity contribution is 7.98. The minimum absolute atomic E-state index is 0.464. The smallest absolute Gasteiger partial charge is 0.210 e. The van der Waals surface area contributed by atoms with Crippen molar-refractivity contribution >= 4 is 23.1 Å². The van der Waals surface area contributed by atoms with Gasteiger partial charge < -0.3 is 5.84 Å². The Hall–Kier alpha value is -1.86. The molecular formula is C15H17N5S2. The van der Waals surface area contributed by atoms with Crippen LogP contribution in [0, 0.1) is 0 Å². The number of nitrogens with two attached hydrogens (primary N) is 1. The second-order valence-corrected chi connectivity index (χ2v) is 6.99. The van der Waals surface area contributed by atoms with E-state index >= 15 is 0 Å². The quantitative estimate of drug-likeness (QED) is 0.572. The van der Waals surface area contributed by atoms with Gasteiger partial charge in [0.15, 0.2) is 5.82 Å². The van der Waals surface area contributed by atoms with E-state index < -0.39 is 0 Å². The van der Waals surface area contributed by atoms with Crippen molar-refractivity contribution in [3.8, 4) is 11.4 Å². The number of nitrogen functional groups attached to an aromatic ring is 1. The number of rotatable bonds is 5. The van der Waals surface area contributed by atoms with Crippen LogP contribution in [-0.2, 0) is 5.75 Å². The topological polar surface area (TPSA) is 69.6 Å². The highest BCUT2D eigenvalue weighted by Crippen LogP contribution is 2.26. The Morgan fingerprint density at radius 2 is 2.00 bits per heavy atom. The van der Waals surface area contributed by atoms with Crippen LogP contribution >= 0.6 is 23.1 Å². The first kappa shape index (κ1) is 15.1. The molecule has 2 heterocycles. The summed E-state index contributed by atoms with van der Waals surface area (Å²) in [6.07, 6.45) is 0. The average molecular weight is 331 g/mol. The van der Waals surface area contributed by atoms with Crippen LogP contribution < -0.4 is 5.84 Å². The summed E-state index contributed by atoms with van der Waals surface area (Å²) in [5.74, 6) is 7.98. The summed E-state index contributed by atoms with van der Waals surface area (Å²) in [4.78, 5) is 4.62. The van der Waals surface area contributed by atoms with Gasteiger partial charge in [0.25, 0.3) is 0 Å². The van der Waals surface area contributed by atoms with E-state index in [1.807, 2.05) is 30.3 Å².